The van der Waals surface area contributed by atoms with Crippen molar-refractivity contribution in [3.8, 4) is 11.5 Å². The summed E-state index contributed by atoms with van der Waals surface area (Å²) in [6.45, 7) is 1.22. The Bertz CT molecular complexity index is 1270. The number of nitrogens with one attached hydrogen (secondary N) is 1. The number of benzene rings is 3. The summed E-state index contributed by atoms with van der Waals surface area (Å²) in [6, 6.07) is 21.0. The van der Waals surface area contributed by atoms with Gasteiger partial charge in [-0.2, -0.15) is 0 Å². The summed E-state index contributed by atoms with van der Waals surface area (Å²) >= 11 is 0. The zero-order chi connectivity index (χ0) is 21.1. The van der Waals surface area contributed by atoms with Crippen LogP contribution in [0, 0.1) is 0 Å². The van der Waals surface area contributed by atoms with E-state index in [-0.39, 0.29) is 23.8 Å². The molecule has 0 unspecified atom stereocenters. The Morgan fingerprint density at radius 3 is 2.37 bits per heavy atom. The Balaban J connectivity index is 1.45. The zero-order valence-electron chi connectivity index (χ0n) is 16.1. The molecule has 0 aliphatic rings. The van der Waals surface area contributed by atoms with Crippen molar-refractivity contribution < 1.29 is 18.7 Å². The maximum Gasteiger partial charge on any atom is 0.420 e. The van der Waals surface area contributed by atoms with Crippen LogP contribution in [0.2, 0.25) is 0 Å². The number of ketones is 1. The van der Waals surface area contributed by atoms with Crippen LogP contribution in [0.25, 0.3) is 11.1 Å². The van der Waals surface area contributed by atoms with Crippen molar-refractivity contribution in [2.24, 2.45) is 0 Å². The second kappa shape index (κ2) is 8.08. The van der Waals surface area contributed by atoms with Gasteiger partial charge < -0.3 is 14.5 Å². The monoisotopic (exact) mass is 402 g/mol. The van der Waals surface area contributed by atoms with E-state index in [0.29, 0.717) is 28.3 Å². The molecule has 0 saturated carbocycles. The minimum absolute atomic E-state index is 0.135. The van der Waals surface area contributed by atoms with Crippen molar-refractivity contribution in [3.63, 3.8) is 0 Å². The van der Waals surface area contributed by atoms with Gasteiger partial charge in [0.15, 0.2) is 11.4 Å². The molecule has 1 aromatic heterocycles. The maximum absolute atomic E-state index is 12.4. The van der Waals surface area contributed by atoms with E-state index in [1.54, 1.807) is 36.4 Å². The smallest absolute Gasteiger partial charge is 0.420 e. The van der Waals surface area contributed by atoms with Crippen molar-refractivity contribution in [1.82, 2.24) is 4.57 Å². The molecule has 0 saturated heterocycles. The summed E-state index contributed by atoms with van der Waals surface area (Å²) in [4.78, 5) is 36.1. The summed E-state index contributed by atoms with van der Waals surface area (Å²) in [5, 5.41) is 2.74. The van der Waals surface area contributed by atoms with Crippen LogP contribution in [0.3, 0.4) is 0 Å². The van der Waals surface area contributed by atoms with Gasteiger partial charge in [0.1, 0.15) is 18.0 Å². The van der Waals surface area contributed by atoms with Gasteiger partial charge in [0.2, 0.25) is 5.91 Å². The van der Waals surface area contributed by atoms with Crippen LogP contribution in [0.1, 0.15) is 17.3 Å². The summed E-state index contributed by atoms with van der Waals surface area (Å²) in [6.07, 6.45) is 0. The van der Waals surface area contributed by atoms with E-state index in [0.717, 1.165) is 0 Å². The molecule has 1 N–H and O–H groups in total. The third-order valence-corrected chi connectivity index (χ3v) is 4.49. The van der Waals surface area contributed by atoms with Gasteiger partial charge in [-0.05, 0) is 61.5 Å². The summed E-state index contributed by atoms with van der Waals surface area (Å²) in [5.41, 5.74) is 1.72. The Labute approximate surface area is 171 Å². The molecule has 3 aromatic carbocycles. The maximum atomic E-state index is 12.4. The van der Waals surface area contributed by atoms with Gasteiger partial charge in [0.05, 0.1) is 5.52 Å². The fraction of sp³-hybridized carbons (Fsp3) is 0.0870. The van der Waals surface area contributed by atoms with Gasteiger partial charge in [-0.25, -0.2) is 4.79 Å². The average Bonchev–Trinajstić information content (AvgIpc) is 3.04. The fourth-order valence-corrected chi connectivity index (χ4v) is 3.01. The van der Waals surface area contributed by atoms with Crippen molar-refractivity contribution in [2.75, 3.05) is 5.32 Å². The van der Waals surface area contributed by atoms with Crippen molar-refractivity contribution in [2.45, 2.75) is 13.5 Å². The van der Waals surface area contributed by atoms with E-state index >= 15 is 0 Å². The van der Waals surface area contributed by atoms with Crippen molar-refractivity contribution in [3.05, 3.63) is 88.9 Å². The molecule has 30 heavy (non-hydrogen) atoms. The number of fused-ring (bicyclic) bond motifs is 1. The van der Waals surface area contributed by atoms with E-state index < -0.39 is 5.76 Å². The Morgan fingerprint density at radius 2 is 1.67 bits per heavy atom. The van der Waals surface area contributed by atoms with E-state index in [9.17, 15) is 14.4 Å². The Hall–Kier alpha value is -4.13. The first-order valence-electron chi connectivity index (χ1n) is 9.27. The lowest BCUT2D eigenvalue weighted by molar-refractivity contribution is -0.116. The number of anilines is 1. The number of oxazole rings is 1. The molecule has 7 heteroatoms. The van der Waals surface area contributed by atoms with Gasteiger partial charge in [-0.15, -0.1) is 0 Å². The molecule has 1 heterocycles. The predicted molar refractivity (Wildman–Crippen MR) is 112 cm³/mol. The minimum Gasteiger partial charge on any atom is -0.457 e. The Morgan fingerprint density at radius 1 is 0.967 bits per heavy atom. The molecule has 4 rings (SSSR count). The van der Waals surface area contributed by atoms with Crippen LogP contribution >= 0.6 is 0 Å². The zero-order valence-corrected chi connectivity index (χ0v) is 16.1. The van der Waals surface area contributed by atoms with Gasteiger partial charge in [-0.1, -0.05) is 18.2 Å². The molecule has 0 bridgehead atoms. The average molecular weight is 402 g/mol. The molecule has 4 aromatic rings. The molecule has 0 spiro atoms. The molecule has 0 radical (unpaired) electrons. The lowest BCUT2D eigenvalue weighted by Gasteiger charge is -2.08. The lowest BCUT2D eigenvalue weighted by Crippen LogP contribution is -2.24. The number of hydrogen-bond acceptors (Lipinski definition) is 5. The number of amides is 1. The molecule has 7 nitrogen and oxygen atoms in total. The first-order chi connectivity index (χ1) is 14.5. The second-order valence-electron chi connectivity index (χ2n) is 6.68. The third kappa shape index (κ3) is 4.15. The van der Waals surface area contributed by atoms with Gasteiger partial charge in [0.25, 0.3) is 0 Å². The van der Waals surface area contributed by atoms with Crippen LogP contribution < -0.4 is 15.8 Å². The molecule has 150 valence electrons. The number of rotatable bonds is 6. The molecule has 0 aliphatic carbocycles. The van der Waals surface area contributed by atoms with Crippen LogP contribution in [0.4, 0.5) is 5.69 Å². The van der Waals surface area contributed by atoms with Crippen molar-refractivity contribution >= 4 is 28.5 Å². The number of Topliss-reactive ketones (excluding diaryl/α,β-unsaturated/α-hetero) is 1. The standard InChI is InChI=1S/C23H18N2O5/c1-15(26)16-7-12-20-21(13-16)30-23(28)25(20)14-22(27)24-17-8-10-19(11-9-17)29-18-5-3-2-4-6-18/h2-13H,14H2,1H3,(H,24,27). The molecular formula is C23H18N2O5. The first-order valence-corrected chi connectivity index (χ1v) is 9.27. The minimum atomic E-state index is -0.660. The number of nitrogens with zero attached hydrogens (tertiary/aromatic N) is 1. The first kappa shape index (κ1) is 19.2. The second-order valence-corrected chi connectivity index (χ2v) is 6.68. The number of carbonyl (C=O) groups is 2. The summed E-state index contributed by atoms with van der Waals surface area (Å²) < 4.78 is 12.1. The van der Waals surface area contributed by atoms with E-state index in [2.05, 4.69) is 5.32 Å². The lowest BCUT2D eigenvalue weighted by atomic mass is 10.1. The highest BCUT2D eigenvalue weighted by atomic mass is 16.5. The van der Waals surface area contributed by atoms with E-state index in [1.165, 1.54) is 17.6 Å². The van der Waals surface area contributed by atoms with Gasteiger partial charge >= 0.3 is 5.76 Å². The molecule has 0 aliphatic heterocycles. The molecular weight excluding hydrogens is 384 g/mol. The highest BCUT2D eigenvalue weighted by molar-refractivity contribution is 5.97. The number of ether oxygens (including phenoxy) is 1. The SMILES string of the molecule is CC(=O)c1ccc2c(c1)oc(=O)n2CC(=O)Nc1ccc(Oc2ccccc2)cc1. The third-order valence-electron chi connectivity index (χ3n) is 4.49. The summed E-state index contributed by atoms with van der Waals surface area (Å²) in [5.74, 6) is 0.176. The molecule has 1 amide bonds. The number of carbonyl (C=O) groups excluding carboxylic acids is 2. The fourth-order valence-electron chi connectivity index (χ4n) is 3.01. The number of aromatic nitrogens is 1. The van der Waals surface area contributed by atoms with Crippen LogP contribution in [-0.4, -0.2) is 16.3 Å². The van der Waals surface area contributed by atoms with E-state index in [4.69, 9.17) is 9.15 Å². The van der Waals surface area contributed by atoms with Gasteiger partial charge in [-0.3, -0.25) is 14.2 Å². The largest absolute Gasteiger partial charge is 0.457 e. The highest BCUT2D eigenvalue weighted by Crippen LogP contribution is 2.22. The summed E-state index contributed by atoms with van der Waals surface area (Å²) in [7, 11) is 0. The van der Waals surface area contributed by atoms with Crippen LogP contribution in [-0.2, 0) is 11.3 Å². The van der Waals surface area contributed by atoms with Crippen molar-refractivity contribution in [1.29, 1.82) is 0 Å². The Kier molecular flexibility index (Phi) is 5.17. The predicted octanol–water partition coefficient (Wildman–Crippen LogP) is 4.23. The van der Waals surface area contributed by atoms with Crippen LogP contribution in [0.15, 0.2) is 82.0 Å². The normalized spacial score (nSPS) is 10.7. The topological polar surface area (TPSA) is 90.5 Å². The molecule has 0 fully saturated rings. The van der Waals surface area contributed by atoms with E-state index in [1.807, 2.05) is 30.3 Å². The van der Waals surface area contributed by atoms with Crippen LogP contribution in [0.5, 0.6) is 11.5 Å². The number of para-hydroxylation sites is 1. The quantitative estimate of drug-likeness (QED) is 0.488. The van der Waals surface area contributed by atoms with Gasteiger partial charge in [0, 0.05) is 11.3 Å². The number of hydrogen-bond donors (Lipinski definition) is 1. The molecule has 0 atom stereocenters. The highest BCUT2D eigenvalue weighted by Gasteiger charge is 2.14.